The van der Waals surface area contributed by atoms with E-state index < -0.39 is 10.0 Å². The smallest absolute Gasteiger partial charge is 0.251 e. The van der Waals surface area contributed by atoms with Crippen LogP contribution in [0.5, 0.6) is 0 Å². The summed E-state index contributed by atoms with van der Waals surface area (Å²) in [7, 11) is -3.50. The third-order valence-corrected chi connectivity index (χ3v) is 5.94. The standard InChI is InChI=1S/C17H23N3O4S/c1-3-20(4-2)25(22,23)16-9-7-15(8-10-16)17(21)18-11-5-6-14-12-19-24-13-14/h7-10,12-13H,3-6,11H2,1-2H3,(H,18,21). The summed E-state index contributed by atoms with van der Waals surface area (Å²) in [5.41, 5.74) is 1.42. The van der Waals surface area contributed by atoms with E-state index in [-0.39, 0.29) is 10.8 Å². The maximum atomic E-state index is 12.4. The van der Waals surface area contributed by atoms with Crippen LogP contribution in [0.4, 0.5) is 0 Å². The summed E-state index contributed by atoms with van der Waals surface area (Å²) in [4.78, 5) is 12.3. The fraction of sp³-hybridized carbons (Fsp3) is 0.412. The van der Waals surface area contributed by atoms with E-state index in [1.54, 1.807) is 26.3 Å². The summed E-state index contributed by atoms with van der Waals surface area (Å²) in [6, 6.07) is 6.01. The van der Waals surface area contributed by atoms with Gasteiger partial charge in [0.15, 0.2) is 0 Å². The molecule has 7 nitrogen and oxygen atoms in total. The Morgan fingerprint density at radius 1 is 1.20 bits per heavy atom. The Morgan fingerprint density at radius 3 is 2.44 bits per heavy atom. The molecule has 1 aromatic heterocycles. The molecule has 1 heterocycles. The van der Waals surface area contributed by atoms with Gasteiger partial charge in [-0.2, -0.15) is 4.31 Å². The second-order valence-corrected chi connectivity index (χ2v) is 7.44. The number of carbonyl (C=O) groups is 1. The van der Waals surface area contributed by atoms with Gasteiger partial charge in [0.1, 0.15) is 6.26 Å². The minimum absolute atomic E-state index is 0.195. The number of nitrogens with zero attached hydrogens (tertiary/aromatic N) is 2. The van der Waals surface area contributed by atoms with Crippen molar-refractivity contribution < 1.29 is 17.7 Å². The van der Waals surface area contributed by atoms with Crippen LogP contribution in [-0.4, -0.2) is 43.4 Å². The number of nitrogens with one attached hydrogen (secondary N) is 1. The van der Waals surface area contributed by atoms with E-state index in [1.165, 1.54) is 28.6 Å². The summed E-state index contributed by atoms with van der Waals surface area (Å²) < 4.78 is 30.9. The minimum Gasteiger partial charge on any atom is -0.364 e. The van der Waals surface area contributed by atoms with E-state index in [0.29, 0.717) is 25.2 Å². The highest BCUT2D eigenvalue weighted by Crippen LogP contribution is 2.16. The molecule has 0 saturated carbocycles. The zero-order chi connectivity index (χ0) is 18.3. The second kappa shape index (κ2) is 8.77. The SMILES string of the molecule is CCN(CC)S(=O)(=O)c1ccc(C(=O)NCCCc2cnoc2)cc1. The lowest BCUT2D eigenvalue weighted by molar-refractivity contribution is 0.0953. The normalized spacial score (nSPS) is 11.6. The lowest BCUT2D eigenvalue weighted by Crippen LogP contribution is -2.30. The van der Waals surface area contributed by atoms with Crippen molar-refractivity contribution in [2.75, 3.05) is 19.6 Å². The van der Waals surface area contributed by atoms with Crippen LogP contribution in [0.2, 0.25) is 0 Å². The Kier molecular flexibility index (Phi) is 6.72. The number of hydrogen-bond acceptors (Lipinski definition) is 5. The van der Waals surface area contributed by atoms with Crippen molar-refractivity contribution in [3.63, 3.8) is 0 Å². The molecule has 0 spiro atoms. The number of carbonyl (C=O) groups excluding carboxylic acids is 1. The Bertz CT molecular complexity index is 767. The Morgan fingerprint density at radius 2 is 1.88 bits per heavy atom. The number of aromatic nitrogens is 1. The Balaban J connectivity index is 1.91. The number of hydrogen-bond donors (Lipinski definition) is 1. The molecule has 0 aliphatic rings. The molecule has 0 atom stereocenters. The lowest BCUT2D eigenvalue weighted by atomic mass is 10.2. The predicted molar refractivity (Wildman–Crippen MR) is 93.7 cm³/mol. The lowest BCUT2D eigenvalue weighted by Gasteiger charge is -2.18. The van der Waals surface area contributed by atoms with E-state index in [2.05, 4.69) is 10.5 Å². The monoisotopic (exact) mass is 365 g/mol. The molecule has 8 heteroatoms. The molecular formula is C17H23N3O4S. The first-order chi connectivity index (χ1) is 12.0. The molecule has 1 amide bonds. The first-order valence-corrected chi connectivity index (χ1v) is 9.69. The molecule has 2 rings (SSSR count). The van der Waals surface area contributed by atoms with Gasteiger partial charge in [-0.05, 0) is 37.1 Å². The maximum Gasteiger partial charge on any atom is 0.251 e. The third-order valence-electron chi connectivity index (χ3n) is 3.87. The van der Waals surface area contributed by atoms with Crippen LogP contribution >= 0.6 is 0 Å². The number of benzene rings is 1. The molecule has 25 heavy (non-hydrogen) atoms. The predicted octanol–water partition coefficient (Wildman–Crippen LogP) is 2.07. The topological polar surface area (TPSA) is 92.5 Å². The quantitative estimate of drug-likeness (QED) is 0.687. The van der Waals surface area contributed by atoms with Crippen LogP contribution in [0.3, 0.4) is 0 Å². The van der Waals surface area contributed by atoms with Crippen LogP contribution in [0.15, 0.2) is 46.1 Å². The zero-order valence-electron chi connectivity index (χ0n) is 14.4. The van der Waals surface area contributed by atoms with Crippen molar-refractivity contribution in [2.45, 2.75) is 31.6 Å². The van der Waals surface area contributed by atoms with E-state index in [0.717, 1.165) is 18.4 Å². The zero-order valence-corrected chi connectivity index (χ0v) is 15.3. The summed E-state index contributed by atoms with van der Waals surface area (Å²) >= 11 is 0. The van der Waals surface area contributed by atoms with E-state index >= 15 is 0 Å². The van der Waals surface area contributed by atoms with Gasteiger partial charge in [0.25, 0.3) is 5.91 Å². The van der Waals surface area contributed by atoms with Crippen molar-refractivity contribution in [1.82, 2.24) is 14.8 Å². The molecule has 0 aliphatic carbocycles. The number of aryl methyl sites for hydroxylation is 1. The van der Waals surface area contributed by atoms with Gasteiger partial charge in [0.2, 0.25) is 10.0 Å². The summed E-state index contributed by atoms with van der Waals surface area (Å²) in [5, 5.41) is 6.44. The van der Waals surface area contributed by atoms with Crippen LogP contribution in [-0.2, 0) is 16.4 Å². The van der Waals surface area contributed by atoms with Crippen molar-refractivity contribution in [3.05, 3.63) is 47.9 Å². The summed E-state index contributed by atoms with van der Waals surface area (Å²) in [5.74, 6) is -0.225. The van der Waals surface area contributed by atoms with Crippen LogP contribution in [0, 0.1) is 0 Å². The molecule has 2 aromatic rings. The molecule has 0 bridgehead atoms. The van der Waals surface area contributed by atoms with Gasteiger partial charge < -0.3 is 9.84 Å². The van der Waals surface area contributed by atoms with E-state index in [1.807, 2.05) is 0 Å². The Hall–Kier alpha value is -2.19. The molecule has 0 fully saturated rings. The first kappa shape index (κ1) is 19.1. The van der Waals surface area contributed by atoms with Crippen LogP contribution < -0.4 is 5.32 Å². The molecule has 1 aromatic carbocycles. The fourth-order valence-electron chi connectivity index (χ4n) is 2.44. The molecule has 1 N–H and O–H groups in total. The second-order valence-electron chi connectivity index (χ2n) is 5.51. The molecule has 0 unspecified atom stereocenters. The highest BCUT2D eigenvalue weighted by molar-refractivity contribution is 7.89. The highest BCUT2D eigenvalue weighted by Gasteiger charge is 2.21. The van der Waals surface area contributed by atoms with Crippen LogP contribution in [0.25, 0.3) is 0 Å². The molecule has 0 saturated heterocycles. The first-order valence-electron chi connectivity index (χ1n) is 8.25. The van der Waals surface area contributed by atoms with Crippen molar-refractivity contribution in [1.29, 1.82) is 0 Å². The number of rotatable bonds is 9. The maximum absolute atomic E-state index is 12.4. The molecule has 0 radical (unpaired) electrons. The molecule has 0 aliphatic heterocycles. The van der Waals surface area contributed by atoms with Crippen molar-refractivity contribution >= 4 is 15.9 Å². The fourth-order valence-corrected chi connectivity index (χ4v) is 3.90. The Labute approximate surface area is 148 Å². The van der Waals surface area contributed by atoms with Gasteiger partial charge in [0.05, 0.1) is 11.1 Å². The number of amides is 1. The number of sulfonamides is 1. The van der Waals surface area contributed by atoms with Crippen molar-refractivity contribution in [3.8, 4) is 0 Å². The molecular weight excluding hydrogens is 342 g/mol. The highest BCUT2D eigenvalue weighted by atomic mass is 32.2. The van der Waals surface area contributed by atoms with Gasteiger partial charge in [-0.1, -0.05) is 19.0 Å². The molecule has 136 valence electrons. The third kappa shape index (κ3) is 4.90. The average Bonchev–Trinajstić information content (AvgIpc) is 3.13. The van der Waals surface area contributed by atoms with Gasteiger partial charge in [-0.3, -0.25) is 4.79 Å². The van der Waals surface area contributed by atoms with Gasteiger partial charge >= 0.3 is 0 Å². The minimum atomic E-state index is -3.50. The van der Waals surface area contributed by atoms with Gasteiger partial charge in [0, 0.05) is 30.8 Å². The van der Waals surface area contributed by atoms with E-state index in [9.17, 15) is 13.2 Å². The summed E-state index contributed by atoms with van der Waals surface area (Å²) in [6.07, 6.45) is 4.76. The largest absolute Gasteiger partial charge is 0.364 e. The van der Waals surface area contributed by atoms with Crippen molar-refractivity contribution in [2.24, 2.45) is 0 Å². The summed E-state index contributed by atoms with van der Waals surface area (Å²) in [6.45, 7) is 4.93. The van der Waals surface area contributed by atoms with Gasteiger partial charge in [-0.25, -0.2) is 8.42 Å². The average molecular weight is 365 g/mol. The van der Waals surface area contributed by atoms with Crippen LogP contribution in [0.1, 0.15) is 36.2 Å². The van der Waals surface area contributed by atoms with Gasteiger partial charge in [-0.15, -0.1) is 0 Å². The van der Waals surface area contributed by atoms with E-state index in [4.69, 9.17) is 4.52 Å².